The zero-order valence-corrected chi connectivity index (χ0v) is 16.8. The first-order valence-corrected chi connectivity index (χ1v) is 11.1. The van der Waals surface area contributed by atoms with Gasteiger partial charge in [0.15, 0.2) is 0 Å². The van der Waals surface area contributed by atoms with Crippen molar-refractivity contribution in [2.24, 2.45) is 0 Å². The van der Waals surface area contributed by atoms with E-state index in [1.165, 1.54) is 0 Å². The van der Waals surface area contributed by atoms with Crippen LogP contribution in [0.25, 0.3) is 22.4 Å². The van der Waals surface area contributed by atoms with Crippen LogP contribution in [0, 0.1) is 6.92 Å². The Morgan fingerprint density at radius 1 is 0.821 bits per heavy atom. The van der Waals surface area contributed by atoms with Gasteiger partial charge in [-0.1, -0.05) is 54.6 Å². The van der Waals surface area contributed by atoms with Crippen molar-refractivity contribution in [3.8, 4) is 22.4 Å². The largest absolute Gasteiger partial charge is 0.280 e. The van der Waals surface area contributed by atoms with Crippen LogP contribution in [0.1, 0.15) is 5.01 Å². The van der Waals surface area contributed by atoms with Crippen molar-refractivity contribution in [3.63, 3.8) is 0 Å². The fraction of sp³-hybridized carbons (Fsp3) is 0.0455. The van der Waals surface area contributed by atoms with Gasteiger partial charge in [0.05, 0.1) is 15.6 Å². The predicted octanol–water partition coefficient (Wildman–Crippen LogP) is 5.59. The van der Waals surface area contributed by atoms with Gasteiger partial charge in [-0.3, -0.25) is 4.72 Å². The Balaban J connectivity index is 1.58. The maximum absolute atomic E-state index is 12.8. The van der Waals surface area contributed by atoms with E-state index in [0.717, 1.165) is 27.4 Å². The zero-order valence-electron chi connectivity index (χ0n) is 15.2. The van der Waals surface area contributed by atoms with Gasteiger partial charge in [-0.05, 0) is 42.3 Å². The Bertz CT molecular complexity index is 1200. The molecule has 0 atom stereocenters. The van der Waals surface area contributed by atoms with E-state index in [9.17, 15) is 8.42 Å². The SMILES string of the molecule is Cc1nc(-c2cccc(NS(=O)(=O)c3ccc(-c4ccccc4)cc3)c2)cs1. The molecule has 0 saturated heterocycles. The highest BCUT2D eigenvalue weighted by atomic mass is 32.2. The standard InChI is InChI=1S/C22H18N2O2S2/c1-16-23-22(15-27-16)19-8-5-9-20(14-19)24-28(25,26)21-12-10-18(11-13-21)17-6-3-2-4-7-17/h2-15,24H,1H3. The minimum Gasteiger partial charge on any atom is -0.280 e. The molecule has 0 saturated carbocycles. The van der Waals surface area contributed by atoms with Gasteiger partial charge in [0, 0.05) is 16.6 Å². The van der Waals surface area contributed by atoms with Gasteiger partial charge in [-0.25, -0.2) is 13.4 Å². The number of hydrogen-bond donors (Lipinski definition) is 1. The summed E-state index contributed by atoms with van der Waals surface area (Å²) in [6.45, 7) is 1.94. The molecule has 28 heavy (non-hydrogen) atoms. The van der Waals surface area contributed by atoms with Gasteiger partial charge in [0.2, 0.25) is 0 Å². The van der Waals surface area contributed by atoms with Gasteiger partial charge in [-0.15, -0.1) is 11.3 Å². The molecule has 0 fully saturated rings. The van der Waals surface area contributed by atoms with Crippen LogP contribution in [0.5, 0.6) is 0 Å². The van der Waals surface area contributed by atoms with E-state index < -0.39 is 10.0 Å². The fourth-order valence-corrected chi connectivity index (χ4v) is 4.58. The van der Waals surface area contributed by atoms with E-state index in [0.29, 0.717) is 5.69 Å². The van der Waals surface area contributed by atoms with Crippen LogP contribution in [0.3, 0.4) is 0 Å². The number of thiazole rings is 1. The number of sulfonamides is 1. The highest BCUT2D eigenvalue weighted by Gasteiger charge is 2.15. The number of hydrogen-bond acceptors (Lipinski definition) is 4. The van der Waals surface area contributed by atoms with Crippen molar-refractivity contribution in [2.75, 3.05) is 4.72 Å². The van der Waals surface area contributed by atoms with E-state index in [2.05, 4.69) is 9.71 Å². The van der Waals surface area contributed by atoms with Crippen molar-refractivity contribution < 1.29 is 8.42 Å². The molecule has 3 aromatic carbocycles. The van der Waals surface area contributed by atoms with Crippen LogP contribution in [-0.2, 0) is 10.0 Å². The summed E-state index contributed by atoms with van der Waals surface area (Å²) >= 11 is 1.56. The molecule has 4 aromatic rings. The van der Waals surface area contributed by atoms with E-state index in [4.69, 9.17) is 0 Å². The second-order valence-corrected chi connectivity index (χ2v) is 9.07. The van der Waals surface area contributed by atoms with Crippen LogP contribution in [0.15, 0.2) is 89.1 Å². The molecule has 140 valence electrons. The van der Waals surface area contributed by atoms with Crippen molar-refractivity contribution >= 4 is 27.0 Å². The van der Waals surface area contributed by atoms with Crippen molar-refractivity contribution in [2.45, 2.75) is 11.8 Å². The molecule has 1 N–H and O–H groups in total. The van der Waals surface area contributed by atoms with E-state index in [1.807, 2.05) is 66.9 Å². The lowest BCUT2D eigenvalue weighted by molar-refractivity contribution is 0.601. The first kappa shape index (κ1) is 18.4. The maximum Gasteiger partial charge on any atom is 0.261 e. The van der Waals surface area contributed by atoms with Crippen molar-refractivity contribution in [3.05, 3.63) is 89.3 Å². The summed E-state index contributed by atoms with van der Waals surface area (Å²) in [6.07, 6.45) is 0. The first-order valence-electron chi connectivity index (χ1n) is 8.72. The van der Waals surface area contributed by atoms with E-state index >= 15 is 0 Å². The lowest BCUT2D eigenvalue weighted by Crippen LogP contribution is -2.12. The average molecular weight is 407 g/mol. The highest BCUT2D eigenvalue weighted by Crippen LogP contribution is 2.26. The van der Waals surface area contributed by atoms with Crippen LogP contribution >= 0.6 is 11.3 Å². The van der Waals surface area contributed by atoms with Crippen LogP contribution in [-0.4, -0.2) is 13.4 Å². The summed E-state index contributed by atoms with van der Waals surface area (Å²) in [5, 5.41) is 2.94. The van der Waals surface area contributed by atoms with E-state index in [-0.39, 0.29) is 4.90 Å². The highest BCUT2D eigenvalue weighted by molar-refractivity contribution is 7.92. The Labute approximate surface area is 168 Å². The Morgan fingerprint density at radius 2 is 1.50 bits per heavy atom. The first-order chi connectivity index (χ1) is 13.5. The molecule has 0 aliphatic heterocycles. The number of nitrogens with zero attached hydrogens (tertiary/aromatic N) is 1. The molecule has 0 radical (unpaired) electrons. The molecule has 0 bridgehead atoms. The minimum atomic E-state index is -3.67. The molecule has 4 rings (SSSR count). The summed E-state index contributed by atoms with van der Waals surface area (Å²) in [7, 11) is -3.67. The topological polar surface area (TPSA) is 59.1 Å². The molecule has 0 aliphatic rings. The van der Waals surface area contributed by atoms with Gasteiger partial charge >= 0.3 is 0 Å². The van der Waals surface area contributed by atoms with Gasteiger partial charge in [0.25, 0.3) is 10.0 Å². The molecule has 0 unspecified atom stereocenters. The molecule has 1 heterocycles. The van der Waals surface area contributed by atoms with Crippen molar-refractivity contribution in [1.82, 2.24) is 4.98 Å². The summed E-state index contributed by atoms with van der Waals surface area (Å²) < 4.78 is 28.2. The summed E-state index contributed by atoms with van der Waals surface area (Å²) in [6, 6.07) is 24.0. The van der Waals surface area contributed by atoms with E-state index in [1.54, 1.807) is 35.6 Å². The maximum atomic E-state index is 12.8. The third kappa shape index (κ3) is 3.98. The molecule has 0 amide bonds. The second-order valence-electron chi connectivity index (χ2n) is 6.33. The Morgan fingerprint density at radius 3 is 2.18 bits per heavy atom. The Hall–Kier alpha value is -2.96. The molecular weight excluding hydrogens is 388 g/mol. The number of anilines is 1. The van der Waals surface area contributed by atoms with Gasteiger partial charge in [0.1, 0.15) is 0 Å². The smallest absolute Gasteiger partial charge is 0.261 e. The quantitative estimate of drug-likeness (QED) is 0.470. The summed E-state index contributed by atoms with van der Waals surface area (Å²) in [5.74, 6) is 0. The number of aryl methyl sites for hydroxylation is 1. The molecule has 0 aliphatic carbocycles. The number of benzene rings is 3. The lowest BCUT2D eigenvalue weighted by Gasteiger charge is -2.10. The van der Waals surface area contributed by atoms with Crippen LogP contribution in [0.2, 0.25) is 0 Å². The van der Waals surface area contributed by atoms with Gasteiger partial charge < -0.3 is 0 Å². The summed E-state index contributed by atoms with van der Waals surface area (Å²) in [4.78, 5) is 4.68. The number of nitrogens with one attached hydrogen (secondary N) is 1. The number of rotatable bonds is 5. The molecule has 1 aromatic heterocycles. The van der Waals surface area contributed by atoms with Crippen LogP contribution in [0.4, 0.5) is 5.69 Å². The summed E-state index contributed by atoms with van der Waals surface area (Å²) in [5.41, 5.74) is 4.25. The Kier molecular flexibility index (Phi) is 4.98. The fourth-order valence-electron chi connectivity index (χ4n) is 2.91. The molecule has 4 nitrogen and oxygen atoms in total. The molecule has 6 heteroatoms. The average Bonchev–Trinajstić information content (AvgIpc) is 3.15. The third-order valence-corrected chi connectivity index (χ3v) is 6.47. The van der Waals surface area contributed by atoms with Crippen molar-refractivity contribution in [1.29, 1.82) is 0 Å². The lowest BCUT2D eigenvalue weighted by atomic mass is 10.1. The van der Waals surface area contributed by atoms with Crippen LogP contribution < -0.4 is 4.72 Å². The monoisotopic (exact) mass is 406 g/mol. The number of aromatic nitrogens is 1. The molecule has 0 spiro atoms. The zero-order chi connectivity index (χ0) is 19.6. The second kappa shape index (κ2) is 7.58. The predicted molar refractivity (Wildman–Crippen MR) is 115 cm³/mol. The third-order valence-electron chi connectivity index (χ3n) is 4.30. The molecular formula is C22H18N2O2S2. The normalized spacial score (nSPS) is 11.3. The van der Waals surface area contributed by atoms with Gasteiger partial charge in [-0.2, -0.15) is 0 Å². The minimum absolute atomic E-state index is 0.224.